The van der Waals surface area contributed by atoms with Crippen LogP contribution in [0.1, 0.15) is 0 Å². The summed E-state index contributed by atoms with van der Waals surface area (Å²) in [5, 5.41) is 9.53. The normalized spacial score (nSPS) is 11.3. The van der Waals surface area contributed by atoms with Crippen LogP contribution >= 0.6 is 22.7 Å². The SMILES string of the molecule is c1csc(-c2sccc2-c2ccc3cc4ccccc4cc3c2)c1. The first-order chi connectivity index (χ1) is 11.9. The van der Waals surface area contributed by atoms with Gasteiger partial charge in [0, 0.05) is 10.4 Å². The summed E-state index contributed by atoms with van der Waals surface area (Å²) in [4.78, 5) is 2.71. The molecule has 0 spiro atoms. The molecule has 0 unspecified atom stereocenters. The first-order valence-corrected chi connectivity index (χ1v) is 9.69. The van der Waals surface area contributed by atoms with E-state index in [1.54, 1.807) is 11.3 Å². The molecule has 24 heavy (non-hydrogen) atoms. The van der Waals surface area contributed by atoms with E-state index >= 15 is 0 Å². The minimum Gasteiger partial charge on any atom is -0.143 e. The fourth-order valence-electron chi connectivity index (χ4n) is 3.24. The number of hydrogen-bond acceptors (Lipinski definition) is 2. The second-order valence-corrected chi connectivity index (χ2v) is 7.77. The lowest BCUT2D eigenvalue weighted by Gasteiger charge is -2.07. The van der Waals surface area contributed by atoms with Crippen molar-refractivity contribution in [2.75, 3.05) is 0 Å². The number of benzene rings is 3. The Hall–Kier alpha value is -2.42. The topological polar surface area (TPSA) is 0 Å². The van der Waals surface area contributed by atoms with Gasteiger partial charge in [0.05, 0.1) is 4.88 Å². The molecular weight excluding hydrogens is 328 g/mol. The summed E-state index contributed by atoms with van der Waals surface area (Å²) < 4.78 is 0. The van der Waals surface area contributed by atoms with Crippen molar-refractivity contribution >= 4 is 44.2 Å². The van der Waals surface area contributed by atoms with Gasteiger partial charge in [0.25, 0.3) is 0 Å². The van der Waals surface area contributed by atoms with Gasteiger partial charge in [-0.05, 0) is 68.2 Å². The number of rotatable bonds is 2. The molecular formula is C22H14S2. The lowest BCUT2D eigenvalue weighted by molar-refractivity contribution is 1.72. The molecule has 2 heterocycles. The van der Waals surface area contributed by atoms with Gasteiger partial charge >= 0.3 is 0 Å². The van der Waals surface area contributed by atoms with Crippen LogP contribution in [0.4, 0.5) is 0 Å². The summed E-state index contributed by atoms with van der Waals surface area (Å²) in [7, 11) is 0. The maximum Gasteiger partial charge on any atom is 0.0520 e. The van der Waals surface area contributed by atoms with E-state index < -0.39 is 0 Å². The minimum absolute atomic E-state index is 1.29. The van der Waals surface area contributed by atoms with Crippen LogP contribution in [0.5, 0.6) is 0 Å². The van der Waals surface area contributed by atoms with Gasteiger partial charge in [0.2, 0.25) is 0 Å². The fraction of sp³-hybridized carbons (Fsp3) is 0. The molecule has 0 bridgehead atoms. The highest BCUT2D eigenvalue weighted by molar-refractivity contribution is 7.20. The Morgan fingerprint density at radius 1 is 0.542 bits per heavy atom. The zero-order valence-electron chi connectivity index (χ0n) is 12.9. The molecule has 0 saturated heterocycles. The van der Waals surface area contributed by atoms with Gasteiger partial charge in [-0.3, -0.25) is 0 Å². The summed E-state index contributed by atoms with van der Waals surface area (Å²) in [6.45, 7) is 0. The average molecular weight is 342 g/mol. The van der Waals surface area contributed by atoms with Crippen molar-refractivity contribution in [3.8, 4) is 20.9 Å². The smallest absolute Gasteiger partial charge is 0.0520 e. The number of fused-ring (bicyclic) bond motifs is 2. The van der Waals surface area contributed by atoms with Crippen LogP contribution < -0.4 is 0 Å². The van der Waals surface area contributed by atoms with Crippen molar-refractivity contribution in [1.29, 1.82) is 0 Å². The molecule has 0 aliphatic carbocycles. The molecule has 0 radical (unpaired) electrons. The third-order valence-electron chi connectivity index (χ3n) is 4.43. The van der Waals surface area contributed by atoms with Crippen LogP contribution in [-0.4, -0.2) is 0 Å². The molecule has 0 atom stereocenters. The Labute approximate surface area is 148 Å². The first-order valence-electron chi connectivity index (χ1n) is 7.93. The van der Waals surface area contributed by atoms with Crippen molar-refractivity contribution < 1.29 is 0 Å². The lowest BCUT2D eigenvalue weighted by Crippen LogP contribution is -1.80. The highest BCUT2D eigenvalue weighted by Gasteiger charge is 2.10. The van der Waals surface area contributed by atoms with Gasteiger partial charge in [0.15, 0.2) is 0 Å². The van der Waals surface area contributed by atoms with Gasteiger partial charge < -0.3 is 0 Å². The van der Waals surface area contributed by atoms with E-state index in [0.717, 1.165) is 0 Å². The maximum atomic E-state index is 2.32. The molecule has 0 nitrogen and oxygen atoms in total. The molecule has 0 saturated carbocycles. The van der Waals surface area contributed by atoms with Gasteiger partial charge in [-0.25, -0.2) is 0 Å². The third kappa shape index (κ3) is 2.27. The molecule has 0 fully saturated rings. The second kappa shape index (κ2) is 5.59. The van der Waals surface area contributed by atoms with Crippen molar-refractivity contribution in [3.63, 3.8) is 0 Å². The Morgan fingerprint density at radius 3 is 2.12 bits per heavy atom. The van der Waals surface area contributed by atoms with E-state index in [1.807, 2.05) is 11.3 Å². The van der Waals surface area contributed by atoms with Crippen molar-refractivity contribution in [3.05, 3.63) is 83.6 Å². The van der Waals surface area contributed by atoms with Crippen LogP contribution in [0.2, 0.25) is 0 Å². The zero-order valence-corrected chi connectivity index (χ0v) is 14.5. The molecule has 114 valence electrons. The standard InChI is InChI=1S/C22H14S2/c1-2-5-16-13-19-14-18(8-7-17(19)12-15(16)4-1)20-9-11-24-22(20)21-6-3-10-23-21/h1-14H. The van der Waals surface area contributed by atoms with Gasteiger partial charge in [-0.2, -0.15) is 0 Å². The Balaban J connectivity index is 1.71. The first kappa shape index (κ1) is 14.0. The summed E-state index contributed by atoms with van der Waals surface area (Å²) in [5.41, 5.74) is 2.62. The van der Waals surface area contributed by atoms with Crippen molar-refractivity contribution in [1.82, 2.24) is 0 Å². The molecule has 5 aromatic rings. The zero-order chi connectivity index (χ0) is 15.9. The number of hydrogen-bond donors (Lipinski definition) is 0. The molecule has 0 aliphatic rings. The van der Waals surface area contributed by atoms with E-state index in [2.05, 4.69) is 83.6 Å². The fourth-order valence-corrected chi connectivity index (χ4v) is 5.05. The highest BCUT2D eigenvalue weighted by Crippen LogP contribution is 2.40. The van der Waals surface area contributed by atoms with Crippen LogP contribution in [0, 0.1) is 0 Å². The van der Waals surface area contributed by atoms with E-state index in [-0.39, 0.29) is 0 Å². The monoisotopic (exact) mass is 342 g/mol. The van der Waals surface area contributed by atoms with E-state index in [1.165, 1.54) is 42.4 Å². The molecule has 3 aromatic carbocycles. The quantitative estimate of drug-likeness (QED) is 0.292. The van der Waals surface area contributed by atoms with Gasteiger partial charge in [-0.1, -0.05) is 42.5 Å². The largest absolute Gasteiger partial charge is 0.143 e. The predicted molar refractivity (Wildman–Crippen MR) is 108 cm³/mol. The van der Waals surface area contributed by atoms with Crippen molar-refractivity contribution in [2.45, 2.75) is 0 Å². The third-order valence-corrected chi connectivity index (χ3v) is 6.39. The van der Waals surface area contributed by atoms with Crippen LogP contribution in [0.15, 0.2) is 83.6 Å². The molecule has 0 N–H and O–H groups in total. The van der Waals surface area contributed by atoms with Crippen LogP contribution in [-0.2, 0) is 0 Å². The summed E-state index contributed by atoms with van der Waals surface area (Å²) >= 11 is 3.63. The molecule has 0 amide bonds. The number of thiophene rings is 2. The molecule has 2 aromatic heterocycles. The second-order valence-electron chi connectivity index (χ2n) is 5.90. The molecule has 5 rings (SSSR count). The maximum absolute atomic E-state index is 2.32. The average Bonchev–Trinajstić information content (AvgIpc) is 3.30. The lowest BCUT2D eigenvalue weighted by atomic mass is 9.98. The Bertz CT molecular complexity index is 1150. The van der Waals surface area contributed by atoms with Crippen LogP contribution in [0.3, 0.4) is 0 Å². The highest BCUT2D eigenvalue weighted by atomic mass is 32.1. The van der Waals surface area contributed by atoms with Gasteiger partial charge in [-0.15, -0.1) is 22.7 Å². The van der Waals surface area contributed by atoms with E-state index in [0.29, 0.717) is 0 Å². The Morgan fingerprint density at radius 2 is 1.33 bits per heavy atom. The summed E-state index contributed by atoms with van der Waals surface area (Å²) in [6, 6.07) is 26.5. The predicted octanol–water partition coefficient (Wildman–Crippen LogP) is 7.45. The van der Waals surface area contributed by atoms with E-state index in [4.69, 9.17) is 0 Å². The minimum atomic E-state index is 1.29. The van der Waals surface area contributed by atoms with E-state index in [9.17, 15) is 0 Å². The van der Waals surface area contributed by atoms with Crippen LogP contribution in [0.25, 0.3) is 42.4 Å². The van der Waals surface area contributed by atoms with Gasteiger partial charge in [0.1, 0.15) is 0 Å². The summed E-state index contributed by atoms with van der Waals surface area (Å²) in [5.74, 6) is 0. The molecule has 2 heteroatoms. The molecule has 0 aliphatic heterocycles. The Kier molecular flexibility index (Phi) is 3.25. The summed E-state index contributed by atoms with van der Waals surface area (Å²) in [6.07, 6.45) is 0. The van der Waals surface area contributed by atoms with Crippen molar-refractivity contribution in [2.24, 2.45) is 0 Å².